The van der Waals surface area contributed by atoms with Gasteiger partial charge in [0.2, 0.25) is 0 Å². The highest BCUT2D eigenvalue weighted by atomic mass is 32.2. The molecular formula is C13H15NO5S. The minimum atomic E-state index is -1.20. The maximum absolute atomic E-state index is 11.9. The van der Waals surface area contributed by atoms with Crippen LogP contribution in [0.2, 0.25) is 0 Å². The molecule has 1 aliphatic heterocycles. The second kappa shape index (κ2) is 6.51. The van der Waals surface area contributed by atoms with E-state index in [1.165, 1.54) is 0 Å². The monoisotopic (exact) mass is 297 g/mol. The molecule has 1 N–H and O–H groups in total. The molecule has 0 radical (unpaired) electrons. The fourth-order valence-corrected chi connectivity index (χ4v) is 3.17. The smallest absolute Gasteiger partial charge is 0.410 e. The van der Waals surface area contributed by atoms with Crippen molar-refractivity contribution >= 4 is 22.9 Å². The zero-order valence-electron chi connectivity index (χ0n) is 10.7. The number of ether oxygens (including phenoxy) is 1. The number of benzene rings is 1. The van der Waals surface area contributed by atoms with Crippen LogP contribution in [0, 0.1) is 0 Å². The SMILES string of the molecule is O=C(O)C1CS(=O)CCN1C(=O)OCc1ccccc1. The van der Waals surface area contributed by atoms with Crippen LogP contribution in [0.4, 0.5) is 4.79 Å². The Morgan fingerprint density at radius 1 is 1.35 bits per heavy atom. The molecule has 1 aromatic carbocycles. The lowest BCUT2D eigenvalue weighted by molar-refractivity contribution is -0.142. The molecule has 7 heteroatoms. The fourth-order valence-electron chi connectivity index (χ4n) is 1.93. The molecule has 6 nitrogen and oxygen atoms in total. The maximum Gasteiger partial charge on any atom is 0.410 e. The first kappa shape index (κ1) is 14.5. The Morgan fingerprint density at radius 2 is 2.05 bits per heavy atom. The number of amides is 1. The summed E-state index contributed by atoms with van der Waals surface area (Å²) in [5, 5.41) is 9.08. The van der Waals surface area contributed by atoms with Crippen LogP contribution < -0.4 is 0 Å². The zero-order chi connectivity index (χ0) is 14.5. The third-order valence-corrected chi connectivity index (χ3v) is 4.33. The Labute approximate surface area is 118 Å². The van der Waals surface area contributed by atoms with Crippen LogP contribution in [0.5, 0.6) is 0 Å². The summed E-state index contributed by atoms with van der Waals surface area (Å²) in [6.45, 7) is 0.225. The van der Waals surface area contributed by atoms with E-state index in [9.17, 15) is 13.8 Å². The van der Waals surface area contributed by atoms with Crippen molar-refractivity contribution in [2.24, 2.45) is 0 Å². The largest absolute Gasteiger partial charge is 0.480 e. The van der Waals surface area contributed by atoms with Gasteiger partial charge in [0.1, 0.15) is 12.6 Å². The standard InChI is InChI=1S/C13H15NO5S/c15-12(16)11-9-20(18)7-6-14(11)13(17)19-8-10-4-2-1-3-5-10/h1-5,11H,6-9H2,(H,15,16). The van der Waals surface area contributed by atoms with E-state index in [2.05, 4.69) is 0 Å². The van der Waals surface area contributed by atoms with Gasteiger partial charge in [-0.3, -0.25) is 9.11 Å². The van der Waals surface area contributed by atoms with E-state index < -0.39 is 28.9 Å². The third-order valence-electron chi connectivity index (χ3n) is 3.00. The molecule has 1 aromatic rings. The van der Waals surface area contributed by atoms with E-state index in [0.29, 0.717) is 0 Å². The lowest BCUT2D eigenvalue weighted by atomic mass is 10.2. The fraction of sp³-hybridized carbons (Fsp3) is 0.385. The van der Waals surface area contributed by atoms with Crippen LogP contribution in [-0.2, 0) is 26.9 Å². The molecule has 1 saturated heterocycles. The number of rotatable bonds is 3. The Morgan fingerprint density at radius 3 is 2.70 bits per heavy atom. The molecular weight excluding hydrogens is 282 g/mol. The van der Waals surface area contributed by atoms with Crippen LogP contribution >= 0.6 is 0 Å². The van der Waals surface area contributed by atoms with Crippen molar-refractivity contribution in [2.45, 2.75) is 12.6 Å². The molecule has 2 unspecified atom stereocenters. The second-order valence-corrected chi connectivity index (χ2v) is 6.02. The second-order valence-electron chi connectivity index (χ2n) is 4.40. The molecule has 0 aromatic heterocycles. The quantitative estimate of drug-likeness (QED) is 0.894. The molecule has 1 amide bonds. The van der Waals surface area contributed by atoms with E-state index in [-0.39, 0.29) is 24.7 Å². The lowest BCUT2D eigenvalue weighted by Gasteiger charge is -2.31. The summed E-state index contributed by atoms with van der Waals surface area (Å²) in [6.07, 6.45) is -0.682. The van der Waals surface area contributed by atoms with Crippen molar-refractivity contribution in [2.75, 3.05) is 18.1 Å². The molecule has 1 heterocycles. The number of carboxylic acid groups (broad SMARTS) is 1. The molecule has 2 atom stereocenters. The maximum atomic E-state index is 11.9. The van der Waals surface area contributed by atoms with Crippen molar-refractivity contribution in [3.05, 3.63) is 35.9 Å². The van der Waals surface area contributed by atoms with Gasteiger partial charge >= 0.3 is 12.1 Å². The number of nitrogens with zero attached hydrogens (tertiary/aromatic N) is 1. The third kappa shape index (κ3) is 3.57. The summed E-state index contributed by atoms with van der Waals surface area (Å²) in [5.41, 5.74) is 0.827. The van der Waals surface area contributed by atoms with Crippen LogP contribution in [-0.4, -0.2) is 50.4 Å². The first-order valence-electron chi connectivity index (χ1n) is 6.13. The number of aliphatic carboxylic acids is 1. The van der Waals surface area contributed by atoms with E-state index in [4.69, 9.17) is 9.84 Å². The van der Waals surface area contributed by atoms with Gasteiger partial charge in [0.05, 0.1) is 5.75 Å². The van der Waals surface area contributed by atoms with Gasteiger partial charge in [-0.25, -0.2) is 9.59 Å². The van der Waals surface area contributed by atoms with E-state index in [1.807, 2.05) is 30.3 Å². The van der Waals surface area contributed by atoms with E-state index in [0.717, 1.165) is 10.5 Å². The van der Waals surface area contributed by atoms with Crippen molar-refractivity contribution in [1.82, 2.24) is 4.90 Å². The molecule has 0 saturated carbocycles. The van der Waals surface area contributed by atoms with Crippen molar-refractivity contribution in [1.29, 1.82) is 0 Å². The molecule has 1 aliphatic rings. The summed E-state index contributed by atoms with van der Waals surface area (Å²) >= 11 is 0. The molecule has 108 valence electrons. The summed E-state index contributed by atoms with van der Waals surface area (Å²) in [4.78, 5) is 24.2. The van der Waals surface area contributed by atoms with Gasteiger partial charge in [-0.1, -0.05) is 30.3 Å². The molecule has 2 rings (SSSR count). The number of hydrogen-bond donors (Lipinski definition) is 1. The topological polar surface area (TPSA) is 83.9 Å². The summed E-state index contributed by atoms with van der Waals surface area (Å²) < 4.78 is 16.5. The first-order chi connectivity index (χ1) is 9.58. The Balaban J connectivity index is 1.97. The van der Waals surface area contributed by atoms with Gasteiger partial charge in [0.25, 0.3) is 0 Å². The van der Waals surface area contributed by atoms with Crippen LogP contribution in [0.1, 0.15) is 5.56 Å². The Hall–Kier alpha value is -1.89. The Bertz CT molecular complexity index is 519. The van der Waals surface area contributed by atoms with Gasteiger partial charge in [-0.15, -0.1) is 0 Å². The van der Waals surface area contributed by atoms with Gasteiger partial charge < -0.3 is 9.84 Å². The van der Waals surface area contributed by atoms with Crippen LogP contribution in [0.3, 0.4) is 0 Å². The molecule has 1 fully saturated rings. The van der Waals surface area contributed by atoms with Gasteiger partial charge in [-0.05, 0) is 5.56 Å². The number of carbonyl (C=O) groups excluding carboxylic acids is 1. The van der Waals surface area contributed by atoms with E-state index in [1.54, 1.807) is 0 Å². The highest BCUT2D eigenvalue weighted by Gasteiger charge is 2.35. The minimum Gasteiger partial charge on any atom is -0.480 e. The van der Waals surface area contributed by atoms with E-state index >= 15 is 0 Å². The number of hydrogen-bond acceptors (Lipinski definition) is 4. The highest BCUT2D eigenvalue weighted by Crippen LogP contribution is 2.12. The number of carbonyl (C=O) groups is 2. The zero-order valence-corrected chi connectivity index (χ0v) is 11.5. The average molecular weight is 297 g/mol. The van der Waals surface area contributed by atoms with Gasteiger partial charge in [-0.2, -0.15) is 0 Å². The molecule has 0 aliphatic carbocycles. The van der Waals surface area contributed by atoms with Gasteiger partial charge in [0.15, 0.2) is 0 Å². The predicted octanol–water partition coefficient (Wildman–Crippen LogP) is 0.841. The normalized spacial score (nSPS) is 22.3. The molecule has 20 heavy (non-hydrogen) atoms. The number of carboxylic acids is 1. The summed E-state index contributed by atoms with van der Waals surface area (Å²) in [7, 11) is -1.20. The van der Waals surface area contributed by atoms with Crippen molar-refractivity contribution in [3.63, 3.8) is 0 Å². The molecule has 0 spiro atoms. The lowest BCUT2D eigenvalue weighted by Crippen LogP contribution is -2.53. The summed E-state index contributed by atoms with van der Waals surface area (Å²) in [6, 6.07) is 8.06. The first-order valence-corrected chi connectivity index (χ1v) is 7.62. The highest BCUT2D eigenvalue weighted by molar-refractivity contribution is 7.85. The molecule has 0 bridgehead atoms. The van der Waals surface area contributed by atoms with Crippen molar-refractivity contribution < 1.29 is 23.6 Å². The van der Waals surface area contributed by atoms with Crippen LogP contribution in [0.25, 0.3) is 0 Å². The predicted molar refractivity (Wildman–Crippen MR) is 72.6 cm³/mol. The Kier molecular flexibility index (Phi) is 4.73. The van der Waals surface area contributed by atoms with Crippen molar-refractivity contribution in [3.8, 4) is 0 Å². The minimum absolute atomic E-state index is 0.0459. The summed E-state index contributed by atoms with van der Waals surface area (Å²) in [5.74, 6) is -0.922. The van der Waals surface area contributed by atoms with Gasteiger partial charge in [0, 0.05) is 23.1 Å². The van der Waals surface area contributed by atoms with Crippen LogP contribution in [0.15, 0.2) is 30.3 Å². The average Bonchev–Trinajstić information content (AvgIpc) is 2.45.